The summed E-state index contributed by atoms with van der Waals surface area (Å²) in [4.78, 5) is 35.5. The van der Waals surface area contributed by atoms with Gasteiger partial charge in [-0.1, -0.05) is 23.2 Å². The van der Waals surface area contributed by atoms with Crippen molar-refractivity contribution in [3.05, 3.63) is 71.2 Å². The molecule has 13 heteroatoms. The van der Waals surface area contributed by atoms with Gasteiger partial charge in [-0.15, -0.1) is 5.10 Å². The monoisotopic (exact) mass is 452 g/mol. The Morgan fingerprint density at radius 2 is 1.83 bits per heavy atom. The molecular weight excluding hydrogens is 439 g/mol. The SMILES string of the molecule is Nn1c(=O)cnn(-c2cc(Cl)c(Oc3cc(C4CC(O)C4)c(=O)[nH]n3)c(Cl)c2)c1=O. The van der Waals surface area contributed by atoms with Crippen LogP contribution in [0.15, 0.2) is 38.8 Å². The van der Waals surface area contributed by atoms with Crippen molar-refractivity contribution in [3.63, 3.8) is 0 Å². The second-order valence-electron chi connectivity index (χ2n) is 6.70. The highest BCUT2D eigenvalue weighted by Crippen LogP contribution is 2.39. The van der Waals surface area contributed by atoms with Gasteiger partial charge in [-0.2, -0.15) is 14.5 Å². The number of hydrogen-bond acceptors (Lipinski definition) is 8. The second-order valence-corrected chi connectivity index (χ2v) is 7.51. The lowest BCUT2D eigenvalue weighted by Crippen LogP contribution is -2.44. The predicted octanol–water partition coefficient (Wildman–Crippen LogP) is 0.529. The standard InChI is InChI=1S/C17H14Cl2N6O5/c18-11-3-8(25-17(29)24(20)14(27)6-21-25)4-12(19)15(11)30-13-5-10(16(28)23-22-13)7-1-9(26)2-7/h3-7,9,26H,1-2,20H2,(H,23,28). The number of nitrogens with one attached hydrogen (secondary N) is 1. The van der Waals surface area contributed by atoms with Gasteiger partial charge in [0.05, 0.1) is 21.8 Å². The van der Waals surface area contributed by atoms with Crippen LogP contribution in [0.25, 0.3) is 5.69 Å². The molecule has 0 amide bonds. The molecule has 0 unspecified atom stereocenters. The fourth-order valence-corrected chi connectivity index (χ4v) is 3.61. The number of aromatic amines is 1. The van der Waals surface area contributed by atoms with Gasteiger partial charge in [0, 0.05) is 11.6 Å². The topological polar surface area (TPSA) is 158 Å². The molecule has 0 bridgehead atoms. The Kier molecular flexibility index (Phi) is 5.10. The summed E-state index contributed by atoms with van der Waals surface area (Å²) in [6.45, 7) is 0. The Labute approximate surface area is 177 Å². The van der Waals surface area contributed by atoms with Crippen LogP contribution >= 0.6 is 23.2 Å². The second kappa shape index (κ2) is 7.59. The maximum absolute atomic E-state index is 12.1. The summed E-state index contributed by atoms with van der Waals surface area (Å²) in [5.74, 6) is 5.39. The highest BCUT2D eigenvalue weighted by molar-refractivity contribution is 6.37. The van der Waals surface area contributed by atoms with Crippen LogP contribution in [0, 0.1) is 0 Å². The fourth-order valence-electron chi connectivity index (χ4n) is 3.06. The smallest absolute Gasteiger partial charge is 0.370 e. The Hall–Kier alpha value is -3.15. The average Bonchev–Trinajstić information content (AvgIpc) is 2.68. The van der Waals surface area contributed by atoms with Crippen molar-refractivity contribution in [2.45, 2.75) is 24.9 Å². The third-order valence-corrected chi connectivity index (χ3v) is 5.27. The third-order valence-electron chi connectivity index (χ3n) is 4.70. The van der Waals surface area contributed by atoms with Gasteiger partial charge in [-0.3, -0.25) is 9.59 Å². The lowest BCUT2D eigenvalue weighted by molar-refractivity contribution is 0.0740. The van der Waals surface area contributed by atoms with E-state index in [4.69, 9.17) is 33.8 Å². The van der Waals surface area contributed by atoms with Gasteiger partial charge in [0.1, 0.15) is 6.20 Å². The first-order valence-electron chi connectivity index (χ1n) is 8.66. The van der Waals surface area contributed by atoms with Crippen LogP contribution in [0.4, 0.5) is 0 Å². The summed E-state index contributed by atoms with van der Waals surface area (Å²) in [6, 6.07) is 4.15. The first-order valence-corrected chi connectivity index (χ1v) is 9.41. The molecule has 1 aliphatic rings. The molecule has 2 aromatic heterocycles. The molecule has 2 heterocycles. The molecule has 1 aliphatic carbocycles. The van der Waals surface area contributed by atoms with Gasteiger partial charge in [-0.25, -0.2) is 9.89 Å². The molecule has 1 saturated carbocycles. The Morgan fingerprint density at radius 1 is 1.17 bits per heavy atom. The number of ether oxygens (including phenoxy) is 1. The Balaban J connectivity index is 1.68. The molecule has 1 fully saturated rings. The van der Waals surface area contributed by atoms with Crippen LogP contribution in [-0.2, 0) is 0 Å². The number of benzene rings is 1. The molecule has 1 aromatic carbocycles. The van der Waals surface area contributed by atoms with Crippen LogP contribution in [0.2, 0.25) is 10.0 Å². The number of nitrogens with two attached hydrogens (primary N) is 1. The Bertz CT molecular complexity index is 1290. The largest absolute Gasteiger partial charge is 0.434 e. The van der Waals surface area contributed by atoms with Crippen molar-refractivity contribution >= 4 is 23.2 Å². The molecule has 0 saturated heterocycles. The highest BCUT2D eigenvalue weighted by atomic mass is 35.5. The number of nitrogen functional groups attached to an aromatic ring is 1. The van der Waals surface area contributed by atoms with Gasteiger partial charge < -0.3 is 15.7 Å². The number of aliphatic hydroxyl groups is 1. The molecule has 0 radical (unpaired) electrons. The number of aliphatic hydroxyl groups excluding tert-OH is 1. The van der Waals surface area contributed by atoms with E-state index >= 15 is 0 Å². The van der Waals surface area contributed by atoms with E-state index in [1.54, 1.807) is 0 Å². The minimum Gasteiger partial charge on any atom is -0.434 e. The first kappa shape index (κ1) is 20.1. The third kappa shape index (κ3) is 3.58. The summed E-state index contributed by atoms with van der Waals surface area (Å²) in [6.07, 6.45) is 1.40. The number of rotatable bonds is 4. The number of nitrogens with zero attached hydrogens (tertiary/aromatic N) is 4. The van der Waals surface area contributed by atoms with Crippen LogP contribution in [-0.4, -0.2) is 35.9 Å². The normalized spacial score (nSPS) is 18.1. The maximum atomic E-state index is 12.1. The summed E-state index contributed by atoms with van der Waals surface area (Å²) in [5, 5.41) is 19.4. The number of aromatic nitrogens is 5. The predicted molar refractivity (Wildman–Crippen MR) is 107 cm³/mol. The van der Waals surface area contributed by atoms with E-state index in [0.717, 1.165) is 10.9 Å². The van der Waals surface area contributed by atoms with Crippen molar-refractivity contribution in [1.29, 1.82) is 0 Å². The van der Waals surface area contributed by atoms with Crippen LogP contribution in [0.5, 0.6) is 11.6 Å². The minimum atomic E-state index is -0.891. The van der Waals surface area contributed by atoms with Crippen molar-refractivity contribution in [2.75, 3.05) is 5.84 Å². The number of hydrogen-bond donors (Lipinski definition) is 3. The van der Waals surface area contributed by atoms with E-state index in [1.165, 1.54) is 18.2 Å². The number of H-pyrrole nitrogens is 1. The van der Waals surface area contributed by atoms with E-state index in [0.29, 0.717) is 23.1 Å². The molecular formula is C17H14Cl2N6O5. The molecule has 0 aliphatic heterocycles. The molecule has 0 spiro atoms. The molecule has 0 atom stereocenters. The van der Waals surface area contributed by atoms with E-state index in [2.05, 4.69) is 15.3 Å². The van der Waals surface area contributed by atoms with Gasteiger partial charge >= 0.3 is 5.69 Å². The zero-order valence-corrected chi connectivity index (χ0v) is 16.6. The van der Waals surface area contributed by atoms with Crippen molar-refractivity contribution < 1.29 is 9.84 Å². The molecule has 4 rings (SSSR count). The summed E-state index contributed by atoms with van der Waals surface area (Å²) in [7, 11) is 0. The van der Waals surface area contributed by atoms with E-state index in [-0.39, 0.29) is 38.8 Å². The number of halogens is 2. The lowest BCUT2D eigenvalue weighted by Gasteiger charge is -2.30. The molecule has 3 aromatic rings. The van der Waals surface area contributed by atoms with Crippen molar-refractivity contribution in [1.82, 2.24) is 24.7 Å². The quantitative estimate of drug-likeness (QED) is 0.483. The summed E-state index contributed by atoms with van der Waals surface area (Å²) in [5.41, 5.74) is -1.44. The minimum absolute atomic E-state index is 0.0228. The fraction of sp³-hybridized carbons (Fsp3) is 0.235. The Morgan fingerprint density at radius 3 is 2.47 bits per heavy atom. The molecule has 11 nitrogen and oxygen atoms in total. The molecule has 156 valence electrons. The van der Waals surface area contributed by atoms with Crippen molar-refractivity contribution in [2.24, 2.45) is 0 Å². The van der Waals surface area contributed by atoms with Crippen LogP contribution in [0.3, 0.4) is 0 Å². The maximum Gasteiger partial charge on any atom is 0.370 e. The molecule has 30 heavy (non-hydrogen) atoms. The molecule has 4 N–H and O–H groups in total. The van der Waals surface area contributed by atoms with Gasteiger partial charge in [0.15, 0.2) is 5.75 Å². The van der Waals surface area contributed by atoms with Gasteiger partial charge in [-0.05, 0) is 30.9 Å². The van der Waals surface area contributed by atoms with Crippen molar-refractivity contribution in [3.8, 4) is 17.3 Å². The summed E-state index contributed by atoms with van der Waals surface area (Å²) < 4.78 is 6.89. The zero-order chi connectivity index (χ0) is 21.6. The average molecular weight is 453 g/mol. The first-order chi connectivity index (χ1) is 14.2. The van der Waals surface area contributed by atoms with Crippen LogP contribution < -0.4 is 27.4 Å². The van der Waals surface area contributed by atoms with Gasteiger partial charge in [0.25, 0.3) is 11.1 Å². The van der Waals surface area contributed by atoms with Crippen LogP contribution in [0.1, 0.15) is 24.3 Å². The van der Waals surface area contributed by atoms with E-state index < -0.39 is 17.4 Å². The lowest BCUT2D eigenvalue weighted by atomic mass is 9.78. The summed E-state index contributed by atoms with van der Waals surface area (Å²) >= 11 is 12.5. The highest BCUT2D eigenvalue weighted by Gasteiger charge is 2.31. The van der Waals surface area contributed by atoms with Gasteiger partial charge in [0.2, 0.25) is 5.88 Å². The van der Waals surface area contributed by atoms with E-state index in [1.807, 2.05) is 0 Å². The van der Waals surface area contributed by atoms with E-state index in [9.17, 15) is 19.5 Å². The zero-order valence-electron chi connectivity index (χ0n) is 15.1.